The average molecular weight is 314 g/mol. The third-order valence-corrected chi connectivity index (χ3v) is 4.79. The summed E-state index contributed by atoms with van der Waals surface area (Å²) in [4.78, 5) is 12.8. The highest BCUT2D eigenvalue weighted by Crippen LogP contribution is 2.16. The monoisotopic (exact) mass is 314 g/mol. The van der Waals surface area contributed by atoms with Gasteiger partial charge in [-0.25, -0.2) is 12.7 Å². The molecule has 0 aliphatic heterocycles. The number of carboxylic acid groups (broad SMARTS) is 1. The molecule has 0 aromatic heterocycles. The summed E-state index contributed by atoms with van der Waals surface area (Å²) in [5, 5.41) is 8.90. The molecule has 1 aromatic rings. The van der Waals surface area contributed by atoms with Crippen LogP contribution < -0.4 is 0 Å². The van der Waals surface area contributed by atoms with Crippen molar-refractivity contribution < 1.29 is 18.3 Å². The minimum Gasteiger partial charge on any atom is -0.480 e. The van der Waals surface area contributed by atoms with Crippen LogP contribution in [0.2, 0.25) is 0 Å². The predicted octanol–water partition coefficient (Wildman–Crippen LogP) is 1.23. The molecule has 6 nitrogen and oxygen atoms in total. The van der Waals surface area contributed by atoms with Gasteiger partial charge in [-0.05, 0) is 30.7 Å². The molecule has 0 fully saturated rings. The normalized spacial score (nSPS) is 12.0. The van der Waals surface area contributed by atoms with Crippen LogP contribution in [-0.4, -0.2) is 55.9 Å². The van der Waals surface area contributed by atoms with E-state index >= 15 is 0 Å². The zero-order valence-corrected chi connectivity index (χ0v) is 13.4. The summed E-state index contributed by atoms with van der Waals surface area (Å²) in [6.07, 6.45) is 0.836. The van der Waals surface area contributed by atoms with Crippen LogP contribution in [0.4, 0.5) is 0 Å². The Labute approximate surface area is 126 Å². The molecule has 0 amide bonds. The van der Waals surface area contributed by atoms with Gasteiger partial charge >= 0.3 is 5.97 Å². The Morgan fingerprint density at radius 1 is 1.29 bits per heavy atom. The molecule has 0 saturated heterocycles. The van der Waals surface area contributed by atoms with Gasteiger partial charge in [0.15, 0.2) is 0 Å². The molecule has 1 aromatic carbocycles. The molecule has 0 heterocycles. The molecule has 0 aliphatic carbocycles. The van der Waals surface area contributed by atoms with Crippen molar-refractivity contribution in [3.63, 3.8) is 0 Å². The number of hydrogen-bond donors (Lipinski definition) is 1. The molecule has 7 heteroatoms. The van der Waals surface area contributed by atoms with Crippen LogP contribution in [0.1, 0.15) is 18.9 Å². The van der Waals surface area contributed by atoms with E-state index in [-0.39, 0.29) is 11.4 Å². The van der Waals surface area contributed by atoms with Gasteiger partial charge in [0.2, 0.25) is 10.0 Å². The van der Waals surface area contributed by atoms with Gasteiger partial charge in [-0.15, -0.1) is 0 Å². The Kier molecular flexibility index (Phi) is 6.32. The van der Waals surface area contributed by atoms with Crippen molar-refractivity contribution in [2.24, 2.45) is 0 Å². The second-order valence-corrected chi connectivity index (χ2v) is 7.19. The fourth-order valence-electron chi connectivity index (χ4n) is 1.99. The second-order valence-electron chi connectivity index (χ2n) is 5.04. The minimum absolute atomic E-state index is 0.0570. The van der Waals surface area contributed by atoms with E-state index in [2.05, 4.69) is 0 Å². The number of carbonyl (C=O) groups is 1. The highest BCUT2D eigenvalue weighted by Gasteiger charge is 2.18. The van der Waals surface area contributed by atoms with E-state index in [0.29, 0.717) is 13.1 Å². The molecule has 0 radical (unpaired) electrons. The van der Waals surface area contributed by atoms with Crippen molar-refractivity contribution in [2.45, 2.75) is 24.8 Å². The van der Waals surface area contributed by atoms with Crippen molar-refractivity contribution in [2.75, 3.05) is 27.2 Å². The summed E-state index contributed by atoms with van der Waals surface area (Å²) in [5.74, 6) is -0.888. The van der Waals surface area contributed by atoms with Gasteiger partial charge in [0.05, 0.1) is 11.4 Å². The Morgan fingerprint density at radius 2 is 1.95 bits per heavy atom. The lowest BCUT2D eigenvalue weighted by Crippen LogP contribution is -2.30. The SMILES string of the molecule is CCCN(CC(=O)O)Cc1cccc(S(=O)(=O)N(C)C)c1. The van der Waals surface area contributed by atoms with Crippen molar-refractivity contribution in [1.29, 1.82) is 0 Å². The first-order valence-corrected chi connectivity index (χ1v) is 8.17. The van der Waals surface area contributed by atoms with E-state index in [1.54, 1.807) is 29.2 Å². The summed E-state index contributed by atoms with van der Waals surface area (Å²) < 4.78 is 25.3. The lowest BCUT2D eigenvalue weighted by atomic mass is 10.2. The maximum atomic E-state index is 12.1. The van der Waals surface area contributed by atoms with E-state index in [0.717, 1.165) is 16.3 Å². The van der Waals surface area contributed by atoms with Crippen LogP contribution >= 0.6 is 0 Å². The molecular formula is C14H22N2O4S. The molecule has 0 aliphatic rings. The number of benzene rings is 1. The van der Waals surface area contributed by atoms with E-state index in [9.17, 15) is 13.2 Å². The van der Waals surface area contributed by atoms with Crippen molar-refractivity contribution >= 4 is 16.0 Å². The molecule has 0 spiro atoms. The Bertz CT molecular complexity index is 584. The van der Waals surface area contributed by atoms with Gasteiger partial charge in [0.25, 0.3) is 0 Å². The third-order valence-electron chi connectivity index (χ3n) is 2.98. The molecule has 1 rings (SSSR count). The van der Waals surface area contributed by atoms with Crippen LogP contribution in [0.5, 0.6) is 0 Å². The zero-order valence-electron chi connectivity index (χ0n) is 12.6. The Morgan fingerprint density at radius 3 is 2.48 bits per heavy atom. The van der Waals surface area contributed by atoms with Crippen LogP contribution in [0.25, 0.3) is 0 Å². The number of carboxylic acids is 1. The van der Waals surface area contributed by atoms with Gasteiger partial charge < -0.3 is 5.11 Å². The number of hydrogen-bond acceptors (Lipinski definition) is 4. The number of rotatable bonds is 8. The van der Waals surface area contributed by atoms with Gasteiger partial charge in [-0.1, -0.05) is 19.1 Å². The average Bonchev–Trinajstić information content (AvgIpc) is 2.38. The summed E-state index contributed by atoms with van der Waals surface area (Å²) in [7, 11) is -0.508. The van der Waals surface area contributed by atoms with Crippen molar-refractivity contribution in [3.05, 3.63) is 29.8 Å². The van der Waals surface area contributed by atoms with Crippen LogP contribution in [0.3, 0.4) is 0 Å². The number of nitrogens with zero attached hydrogens (tertiary/aromatic N) is 2. The van der Waals surface area contributed by atoms with Gasteiger partial charge in [0.1, 0.15) is 0 Å². The summed E-state index contributed by atoms with van der Waals surface area (Å²) in [6.45, 7) is 2.98. The molecule has 0 atom stereocenters. The fourth-order valence-corrected chi connectivity index (χ4v) is 2.97. The highest BCUT2D eigenvalue weighted by atomic mass is 32.2. The molecule has 0 unspecified atom stereocenters. The molecule has 0 saturated carbocycles. The summed E-state index contributed by atoms with van der Waals surface area (Å²) >= 11 is 0. The lowest BCUT2D eigenvalue weighted by Gasteiger charge is -2.20. The Balaban J connectivity index is 2.96. The largest absolute Gasteiger partial charge is 0.480 e. The molecule has 21 heavy (non-hydrogen) atoms. The first kappa shape index (κ1) is 17.6. The van der Waals surface area contributed by atoms with Crippen LogP contribution in [0.15, 0.2) is 29.2 Å². The Hall–Kier alpha value is -1.44. The first-order chi connectivity index (χ1) is 9.77. The maximum Gasteiger partial charge on any atom is 0.317 e. The van der Waals surface area contributed by atoms with Crippen LogP contribution in [0, 0.1) is 0 Å². The quantitative estimate of drug-likeness (QED) is 0.781. The zero-order chi connectivity index (χ0) is 16.0. The smallest absolute Gasteiger partial charge is 0.317 e. The van der Waals surface area contributed by atoms with E-state index in [1.165, 1.54) is 14.1 Å². The molecule has 118 valence electrons. The van der Waals surface area contributed by atoms with E-state index in [1.807, 2.05) is 6.92 Å². The van der Waals surface area contributed by atoms with Crippen molar-refractivity contribution in [3.8, 4) is 0 Å². The van der Waals surface area contributed by atoms with Crippen LogP contribution in [-0.2, 0) is 21.4 Å². The van der Waals surface area contributed by atoms with E-state index < -0.39 is 16.0 Å². The van der Waals surface area contributed by atoms with Gasteiger partial charge in [-0.3, -0.25) is 9.69 Å². The lowest BCUT2D eigenvalue weighted by molar-refractivity contribution is -0.138. The second kappa shape index (κ2) is 7.53. The molecule has 1 N–H and O–H groups in total. The summed E-state index contributed by atoms with van der Waals surface area (Å²) in [6, 6.07) is 6.62. The topological polar surface area (TPSA) is 77.9 Å². The highest BCUT2D eigenvalue weighted by molar-refractivity contribution is 7.89. The molecule has 0 bridgehead atoms. The van der Waals surface area contributed by atoms with Gasteiger partial charge in [0, 0.05) is 20.6 Å². The standard InChI is InChI=1S/C14H22N2O4S/c1-4-8-16(11-14(17)18)10-12-6-5-7-13(9-12)21(19,20)15(2)3/h5-7,9H,4,8,10-11H2,1-3H3,(H,17,18). The summed E-state index contributed by atoms with van der Waals surface area (Å²) in [5.41, 5.74) is 0.785. The van der Waals surface area contributed by atoms with E-state index in [4.69, 9.17) is 5.11 Å². The maximum absolute atomic E-state index is 12.1. The predicted molar refractivity (Wildman–Crippen MR) is 80.5 cm³/mol. The third kappa shape index (κ3) is 5.11. The first-order valence-electron chi connectivity index (χ1n) is 6.73. The molecular weight excluding hydrogens is 292 g/mol. The number of sulfonamides is 1. The van der Waals surface area contributed by atoms with Crippen molar-refractivity contribution in [1.82, 2.24) is 9.21 Å². The minimum atomic E-state index is -3.47. The number of aliphatic carboxylic acids is 1. The van der Waals surface area contributed by atoms with Gasteiger partial charge in [-0.2, -0.15) is 0 Å². The fraction of sp³-hybridized carbons (Fsp3) is 0.500.